The minimum absolute atomic E-state index is 0.135. The second kappa shape index (κ2) is 3.51. The highest BCUT2D eigenvalue weighted by Gasteiger charge is 2.31. The molecular formula is C8H15Cl2N. The standard InChI is InChI=1S/C8H15Cl2N/c1-8(2,10)11-6-4-3-5-7(11)9/h7H,3-6H2,1-2H3. The van der Waals surface area contributed by atoms with E-state index in [9.17, 15) is 0 Å². The predicted molar refractivity (Wildman–Crippen MR) is 50.1 cm³/mol. The Morgan fingerprint density at radius 1 is 1.36 bits per heavy atom. The lowest BCUT2D eigenvalue weighted by Gasteiger charge is -2.39. The fraction of sp³-hybridized carbons (Fsp3) is 1.00. The number of likely N-dealkylation sites (tertiary alicyclic amines) is 1. The van der Waals surface area contributed by atoms with Gasteiger partial charge in [-0.15, -0.1) is 23.2 Å². The summed E-state index contributed by atoms with van der Waals surface area (Å²) in [6.45, 7) is 5.02. The monoisotopic (exact) mass is 195 g/mol. The molecule has 66 valence electrons. The van der Waals surface area contributed by atoms with E-state index in [1.165, 1.54) is 12.8 Å². The second-order valence-corrected chi connectivity index (χ2v) is 4.96. The van der Waals surface area contributed by atoms with E-state index in [0.717, 1.165) is 13.0 Å². The summed E-state index contributed by atoms with van der Waals surface area (Å²) in [4.78, 5) is 1.87. The van der Waals surface area contributed by atoms with Gasteiger partial charge in [-0.25, -0.2) is 0 Å². The van der Waals surface area contributed by atoms with Crippen molar-refractivity contribution >= 4 is 23.2 Å². The van der Waals surface area contributed by atoms with Gasteiger partial charge in [-0.05, 0) is 33.1 Å². The molecule has 1 rings (SSSR count). The Balaban J connectivity index is 2.55. The van der Waals surface area contributed by atoms with Crippen molar-refractivity contribution in [3.05, 3.63) is 0 Å². The van der Waals surface area contributed by atoms with Crippen LogP contribution in [0, 0.1) is 0 Å². The van der Waals surface area contributed by atoms with Crippen LogP contribution in [0.15, 0.2) is 0 Å². The Morgan fingerprint density at radius 2 is 2.00 bits per heavy atom. The molecule has 0 radical (unpaired) electrons. The minimum atomic E-state index is -0.285. The third-order valence-electron chi connectivity index (χ3n) is 2.11. The Labute approximate surface area is 78.7 Å². The Hall–Kier alpha value is 0.540. The Morgan fingerprint density at radius 3 is 2.36 bits per heavy atom. The summed E-state index contributed by atoms with van der Waals surface area (Å²) in [6.07, 6.45) is 3.52. The van der Waals surface area contributed by atoms with E-state index in [1.54, 1.807) is 0 Å². The minimum Gasteiger partial charge on any atom is -0.269 e. The van der Waals surface area contributed by atoms with E-state index in [0.29, 0.717) is 0 Å². The van der Waals surface area contributed by atoms with E-state index in [4.69, 9.17) is 23.2 Å². The quantitative estimate of drug-likeness (QED) is 0.460. The molecule has 1 nitrogen and oxygen atoms in total. The lowest BCUT2D eigenvalue weighted by molar-refractivity contribution is 0.134. The highest BCUT2D eigenvalue weighted by atomic mass is 35.5. The zero-order valence-electron chi connectivity index (χ0n) is 7.11. The maximum atomic E-state index is 6.15. The number of halogens is 2. The zero-order valence-corrected chi connectivity index (χ0v) is 8.62. The summed E-state index contributed by atoms with van der Waals surface area (Å²) < 4.78 is 0. The van der Waals surface area contributed by atoms with E-state index >= 15 is 0 Å². The molecule has 1 heterocycles. The average Bonchev–Trinajstić information content (AvgIpc) is 1.86. The normalized spacial score (nSPS) is 28.9. The number of nitrogens with zero attached hydrogens (tertiary/aromatic N) is 1. The van der Waals surface area contributed by atoms with Crippen molar-refractivity contribution in [3.8, 4) is 0 Å². The van der Waals surface area contributed by atoms with E-state index in [-0.39, 0.29) is 10.5 Å². The number of alkyl halides is 2. The number of rotatable bonds is 1. The molecule has 0 aromatic carbocycles. The lowest BCUT2D eigenvalue weighted by Crippen LogP contribution is -2.46. The van der Waals surface area contributed by atoms with E-state index in [1.807, 2.05) is 13.8 Å². The van der Waals surface area contributed by atoms with Crippen molar-refractivity contribution in [1.82, 2.24) is 4.90 Å². The third kappa shape index (κ3) is 2.50. The van der Waals surface area contributed by atoms with Crippen LogP contribution in [0.1, 0.15) is 33.1 Å². The van der Waals surface area contributed by atoms with Crippen LogP contribution in [0.2, 0.25) is 0 Å². The molecule has 0 aliphatic carbocycles. The van der Waals surface area contributed by atoms with Crippen LogP contribution >= 0.6 is 23.2 Å². The van der Waals surface area contributed by atoms with Crippen LogP contribution < -0.4 is 0 Å². The molecule has 0 aromatic heterocycles. The highest BCUT2D eigenvalue weighted by Crippen LogP contribution is 2.30. The first-order valence-corrected chi connectivity index (χ1v) is 4.93. The smallest absolute Gasteiger partial charge is 0.0915 e. The van der Waals surface area contributed by atoms with Gasteiger partial charge < -0.3 is 0 Å². The largest absolute Gasteiger partial charge is 0.269 e. The predicted octanol–water partition coefficient (Wildman–Crippen LogP) is 3.01. The number of piperidine rings is 1. The van der Waals surface area contributed by atoms with Gasteiger partial charge in [0.15, 0.2) is 0 Å². The van der Waals surface area contributed by atoms with Crippen molar-refractivity contribution in [2.45, 2.75) is 43.6 Å². The van der Waals surface area contributed by atoms with Crippen molar-refractivity contribution in [2.24, 2.45) is 0 Å². The summed E-state index contributed by atoms with van der Waals surface area (Å²) in [5.41, 5.74) is 0.135. The van der Waals surface area contributed by atoms with Gasteiger partial charge >= 0.3 is 0 Å². The topological polar surface area (TPSA) is 3.24 Å². The molecule has 1 atom stereocenters. The lowest BCUT2D eigenvalue weighted by atomic mass is 10.1. The summed E-state index contributed by atoms with van der Waals surface area (Å²) in [5, 5.41) is 0. The number of hydrogen-bond acceptors (Lipinski definition) is 1. The second-order valence-electron chi connectivity index (χ2n) is 3.53. The molecule has 1 unspecified atom stereocenters. The van der Waals surface area contributed by atoms with Crippen LogP contribution in [0.3, 0.4) is 0 Å². The van der Waals surface area contributed by atoms with Crippen molar-refractivity contribution in [1.29, 1.82) is 0 Å². The molecule has 0 bridgehead atoms. The van der Waals surface area contributed by atoms with Crippen LogP contribution in [-0.2, 0) is 0 Å². The first kappa shape index (κ1) is 9.63. The molecule has 3 heteroatoms. The van der Waals surface area contributed by atoms with Crippen molar-refractivity contribution in [3.63, 3.8) is 0 Å². The molecule has 11 heavy (non-hydrogen) atoms. The Bertz CT molecular complexity index is 131. The fourth-order valence-corrected chi connectivity index (χ4v) is 2.24. The molecule has 1 fully saturated rings. The van der Waals surface area contributed by atoms with Crippen LogP contribution in [0.25, 0.3) is 0 Å². The highest BCUT2D eigenvalue weighted by molar-refractivity contribution is 6.24. The van der Waals surface area contributed by atoms with Crippen LogP contribution in [0.4, 0.5) is 0 Å². The van der Waals surface area contributed by atoms with Gasteiger partial charge in [0, 0.05) is 6.54 Å². The molecule has 0 aromatic rings. The van der Waals surface area contributed by atoms with E-state index < -0.39 is 0 Å². The molecule has 0 amide bonds. The third-order valence-corrected chi connectivity index (χ3v) is 2.78. The molecular weight excluding hydrogens is 181 g/mol. The van der Waals surface area contributed by atoms with Gasteiger partial charge in [-0.1, -0.05) is 0 Å². The summed E-state index contributed by atoms with van der Waals surface area (Å²) in [5.74, 6) is 0. The first-order valence-electron chi connectivity index (χ1n) is 4.11. The van der Waals surface area contributed by atoms with Gasteiger partial charge in [0.1, 0.15) is 0 Å². The van der Waals surface area contributed by atoms with Crippen LogP contribution in [0.5, 0.6) is 0 Å². The van der Waals surface area contributed by atoms with Gasteiger partial charge in [0.05, 0.1) is 10.5 Å². The van der Waals surface area contributed by atoms with Gasteiger partial charge in [-0.2, -0.15) is 0 Å². The Kier molecular flexibility index (Phi) is 3.07. The van der Waals surface area contributed by atoms with Crippen molar-refractivity contribution in [2.75, 3.05) is 6.54 Å². The van der Waals surface area contributed by atoms with Gasteiger partial charge in [0.25, 0.3) is 0 Å². The fourth-order valence-electron chi connectivity index (χ4n) is 1.49. The molecule has 1 aliphatic rings. The van der Waals surface area contributed by atoms with Gasteiger partial charge in [-0.3, -0.25) is 4.90 Å². The molecule has 0 N–H and O–H groups in total. The van der Waals surface area contributed by atoms with Crippen LogP contribution in [-0.4, -0.2) is 21.9 Å². The SMILES string of the molecule is CC(C)(Cl)N1CCCCC1Cl. The molecule has 0 spiro atoms. The maximum absolute atomic E-state index is 6.15. The summed E-state index contributed by atoms with van der Waals surface area (Å²) in [7, 11) is 0. The first-order chi connectivity index (χ1) is 5.02. The summed E-state index contributed by atoms with van der Waals surface area (Å²) in [6, 6.07) is 0. The maximum Gasteiger partial charge on any atom is 0.0915 e. The van der Waals surface area contributed by atoms with Crippen molar-refractivity contribution < 1.29 is 0 Å². The molecule has 1 aliphatic heterocycles. The summed E-state index contributed by atoms with van der Waals surface area (Å²) >= 11 is 12.3. The van der Waals surface area contributed by atoms with E-state index in [2.05, 4.69) is 4.90 Å². The molecule has 1 saturated heterocycles. The number of hydrogen-bond donors (Lipinski definition) is 0. The zero-order chi connectivity index (χ0) is 8.48. The van der Waals surface area contributed by atoms with Gasteiger partial charge in [0.2, 0.25) is 0 Å². The average molecular weight is 196 g/mol. The molecule has 0 saturated carbocycles.